The van der Waals surface area contributed by atoms with Gasteiger partial charge >= 0.3 is 0 Å². The number of fused-ring (bicyclic) bond motifs is 5. The van der Waals surface area contributed by atoms with Crippen molar-refractivity contribution in [3.8, 4) is 67.5 Å². The molecule has 3 nitrogen and oxygen atoms in total. The van der Waals surface area contributed by atoms with Crippen molar-refractivity contribution < 1.29 is 0 Å². The Balaban J connectivity index is 0.963. The van der Waals surface area contributed by atoms with E-state index in [1.54, 1.807) is 11.1 Å². The summed E-state index contributed by atoms with van der Waals surface area (Å²) in [5.74, 6) is 5.28. The van der Waals surface area contributed by atoms with E-state index in [2.05, 4.69) is 158 Å². The van der Waals surface area contributed by atoms with E-state index in [-0.39, 0.29) is 5.41 Å². The molecule has 8 aromatic carbocycles. The van der Waals surface area contributed by atoms with Gasteiger partial charge in [0.15, 0.2) is 17.5 Å². The van der Waals surface area contributed by atoms with Crippen molar-refractivity contribution in [2.24, 2.45) is 23.7 Å². The average Bonchev–Trinajstić information content (AvgIpc) is 3.58. The van der Waals surface area contributed by atoms with Gasteiger partial charge in [0.05, 0.1) is 0 Å². The van der Waals surface area contributed by atoms with E-state index < -0.39 is 0 Å². The number of nitrogens with zero attached hydrogens (tertiary/aromatic N) is 3. The zero-order valence-electron chi connectivity index (χ0n) is 33.4. The van der Waals surface area contributed by atoms with Crippen molar-refractivity contribution in [1.82, 2.24) is 15.0 Å². The second-order valence-corrected chi connectivity index (χ2v) is 18.0. The third-order valence-corrected chi connectivity index (χ3v) is 14.9. The van der Waals surface area contributed by atoms with Gasteiger partial charge in [0, 0.05) is 22.1 Å². The maximum absolute atomic E-state index is 5.20. The van der Waals surface area contributed by atoms with Crippen LogP contribution in [0, 0.1) is 23.7 Å². The first-order valence-electron chi connectivity index (χ1n) is 21.8. The molecule has 0 atom stereocenters. The highest BCUT2D eigenvalue weighted by Crippen LogP contribution is 2.69. The molecule has 0 aliphatic heterocycles. The first-order chi connectivity index (χ1) is 29.7. The molecule has 0 unspecified atom stereocenters. The molecule has 5 aliphatic rings. The Hall–Kier alpha value is -6.71. The summed E-state index contributed by atoms with van der Waals surface area (Å²) < 4.78 is 0. The van der Waals surface area contributed by atoms with Gasteiger partial charge in [-0.2, -0.15) is 0 Å². The largest absolute Gasteiger partial charge is 0.208 e. The highest BCUT2D eigenvalue weighted by molar-refractivity contribution is 6.01. The van der Waals surface area contributed by atoms with Gasteiger partial charge in [-0.05, 0) is 152 Å². The predicted molar refractivity (Wildman–Crippen MR) is 245 cm³/mol. The second kappa shape index (κ2) is 13.1. The molecule has 14 rings (SSSR count). The Morgan fingerprint density at radius 2 is 0.883 bits per heavy atom. The molecule has 0 radical (unpaired) electrons. The van der Waals surface area contributed by atoms with Crippen LogP contribution in [-0.4, -0.2) is 15.0 Å². The third kappa shape index (κ3) is 5.18. The molecule has 1 aromatic heterocycles. The number of hydrogen-bond donors (Lipinski definition) is 0. The molecule has 5 aliphatic carbocycles. The topological polar surface area (TPSA) is 38.7 Å². The van der Waals surface area contributed by atoms with Gasteiger partial charge in [-0.1, -0.05) is 146 Å². The number of benzene rings is 8. The first kappa shape index (κ1) is 34.2. The average molecular weight is 770 g/mol. The lowest BCUT2D eigenvalue weighted by Gasteiger charge is -2.61. The molecule has 1 spiro atoms. The molecule has 3 heteroatoms. The quantitative estimate of drug-likeness (QED) is 0.175. The maximum Gasteiger partial charge on any atom is 0.164 e. The normalized spacial score (nSPS) is 22.1. The van der Waals surface area contributed by atoms with E-state index in [4.69, 9.17) is 15.0 Å². The first-order valence-corrected chi connectivity index (χ1v) is 21.8. The molecule has 0 saturated heterocycles. The van der Waals surface area contributed by atoms with Gasteiger partial charge in [-0.3, -0.25) is 0 Å². The van der Waals surface area contributed by atoms with Crippen LogP contribution in [0.25, 0.3) is 89.1 Å². The molecular formula is C57H43N3. The van der Waals surface area contributed by atoms with Crippen LogP contribution in [-0.2, 0) is 5.41 Å². The van der Waals surface area contributed by atoms with Gasteiger partial charge in [0.1, 0.15) is 0 Å². The standard InChI is InChI=1S/C57H43N3/c1-3-11-37(12-4-1)40-18-9-19-44(30-40)55-58-54(39-13-5-2-6-14-39)59-56(60-55)45-22-21-38-17-10-20-48(49(38)33-45)43-23-24-52-50(32-43)51-31-41-15-7-8-16-42(41)34-53(51)57(52)46-26-35-25-36(28-46)29-47(57)27-35/h1-24,30-36,46-47H,25-29H2. The Morgan fingerprint density at radius 3 is 1.62 bits per heavy atom. The van der Waals surface area contributed by atoms with E-state index in [9.17, 15) is 0 Å². The van der Waals surface area contributed by atoms with Crippen LogP contribution in [0.1, 0.15) is 43.2 Å². The summed E-state index contributed by atoms with van der Waals surface area (Å²) >= 11 is 0. The molecular weight excluding hydrogens is 727 g/mol. The molecule has 60 heavy (non-hydrogen) atoms. The van der Waals surface area contributed by atoms with E-state index in [0.29, 0.717) is 17.5 Å². The van der Waals surface area contributed by atoms with Crippen LogP contribution in [0.15, 0.2) is 176 Å². The third-order valence-electron chi connectivity index (χ3n) is 14.9. The number of aromatic nitrogens is 3. The SMILES string of the molecule is c1ccc(-c2cccc(-c3nc(-c4ccccc4)nc(-c4ccc5cccc(-c6ccc7c(c6)-c6cc8ccccc8cc6C76C7CC8CC(C7)CC6C8)c5c4)n3)c2)cc1. The molecule has 0 amide bonds. The van der Waals surface area contributed by atoms with Crippen LogP contribution in [0.5, 0.6) is 0 Å². The van der Waals surface area contributed by atoms with Gasteiger partial charge in [-0.25, -0.2) is 15.0 Å². The molecule has 9 aromatic rings. The highest BCUT2D eigenvalue weighted by Gasteiger charge is 2.61. The van der Waals surface area contributed by atoms with Crippen molar-refractivity contribution in [1.29, 1.82) is 0 Å². The predicted octanol–water partition coefficient (Wildman–Crippen LogP) is 14.2. The van der Waals surface area contributed by atoms with E-state index >= 15 is 0 Å². The summed E-state index contributed by atoms with van der Waals surface area (Å²) in [6.45, 7) is 0. The van der Waals surface area contributed by atoms with Gasteiger partial charge < -0.3 is 0 Å². The fourth-order valence-electron chi connectivity index (χ4n) is 12.5. The summed E-state index contributed by atoms with van der Waals surface area (Å²) in [6, 6.07) is 64.4. The lowest BCUT2D eigenvalue weighted by molar-refractivity contribution is -0.0398. The van der Waals surface area contributed by atoms with Crippen LogP contribution in [0.4, 0.5) is 0 Å². The minimum atomic E-state index is 0.125. The molecule has 286 valence electrons. The van der Waals surface area contributed by atoms with E-state index in [1.165, 1.54) is 75.9 Å². The fourth-order valence-corrected chi connectivity index (χ4v) is 12.5. The number of hydrogen-bond acceptors (Lipinski definition) is 3. The molecule has 4 bridgehead atoms. The van der Waals surface area contributed by atoms with Gasteiger partial charge in [0.2, 0.25) is 0 Å². The van der Waals surface area contributed by atoms with Crippen LogP contribution < -0.4 is 0 Å². The lowest BCUT2D eigenvalue weighted by atomic mass is 9.43. The molecule has 4 saturated carbocycles. The van der Waals surface area contributed by atoms with Crippen LogP contribution in [0.2, 0.25) is 0 Å². The monoisotopic (exact) mass is 769 g/mol. The van der Waals surface area contributed by atoms with Crippen LogP contribution >= 0.6 is 0 Å². The summed E-state index contributed by atoms with van der Waals surface area (Å²) in [5, 5.41) is 5.11. The second-order valence-electron chi connectivity index (χ2n) is 18.0. The van der Waals surface area contributed by atoms with Crippen LogP contribution in [0.3, 0.4) is 0 Å². The fraction of sp³-hybridized carbons (Fsp3) is 0.175. The molecule has 0 N–H and O–H groups in total. The smallest absolute Gasteiger partial charge is 0.164 e. The van der Waals surface area contributed by atoms with Crippen molar-refractivity contribution in [3.63, 3.8) is 0 Å². The van der Waals surface area contributed by atoms with E-state index in [1.807, 2.05) is 18.2 Å². The minimum Gasteiger partial charge on any atom is -0.208 e. The zero-order chi connectivity index (χ0) is 39.4. The Morgan fingerprint density at radius 1 is 0.333 bits per heavy atom. The summed E-state index contributed by atoms with van der Waals surface area (Å²) in [4.78, 5) is 15.4. The molecule has 4 fully saturated rings. The maximum atomic E-state index is 5.20. The minimum absolute atomic E-state index is 0.125. The summed E-state index contributed by atoms with van der Waals surface area (Å²) in [6.07, 6.45) is 7.00. The zero-order valence-corrected chi connectivity index (χ0v) is 33.4. The van der Waals surface area contributed by atoms with E-state index in [0.717, 1.165) is 51.5 Å². The van der Waals surface area contributed by atoms with Gasteiger partial charge in [-0.15, -0.1) is 0 Å². The Labute approximate surface area is 350 Å². The summed E-state index contributed by atoms with van der Waals surface area (Å²) in [7, 11) is 0. The molecule has 1 heterocycles. The number of rotatable bonds is 5. The lowest BCUT2D eigenvalue weighted by Crippen LogP contribution is -2.55. The Bertz CT molecular complexity index is 3140. The highest BCUT2D eigenvalue weighted by atomic mass is 15.0. The Kier molecular flexibility index (Phi) is 7.49. The van der Waals surface area contributed by atoms with Crippen molar-refractivity contribution in [2.75, 3.05) is 0 Å². The van der Waals surface area contributed by atoms with Crippen molar-refractivity contribution in [3.05, 3.63) is 187 Å². The summed E-state index contributed by atoms with van der Waals surface area (Å²) in [5.41, 5.74) is 13.9. The van der Waals surface area contributed by atoms with Crippen molar-refractivity contribution >= 4 is 21.5 Å². The van der Waals surface area contributed by atoms with Gasteiger partial charge in [0.25, 0.3) is 0 Å². The van der Waals surface area contributed by atoms with Crippen molar-refractivity contribution in [2.45, 2.75) is 37.5 Å².